The van der Waals surface area contributed by atoms with E-state index in [0.29, 0.717) is 39.0 Å². The molecule has 2 rings (SSSR count). The normalized spacial score (nSPS) is 17.1. The molecule has 1 saturated heterocycles. The Morgan fingerprint density at radius 3 is 2.50 bits per heavy atom. The second-order valence-corrected chi connectivity index (χ2v) is 8.67. The van der Waals surface area contributed by atoms with E-state index >= 15 is 0 Å². The first-order valence-electron chi connectivity index (χ1n) is 8.23. The molecule has 1 heterocycles. The van der Waals surface area contributed by atoms with E-state index in [-0.39, 0.29) is 5.91 Å². The average Bonchev–Trinajstić information content (AvgIpc) is 2.77. The minimum absolute atomic E-state index is 0.0628. The SMILES string of the molecule is Cc1ccc(C)c(CC(=O)N2CCCN(S(=O)(=O)N(C)C)CC2)c1. The smallest absolute Gasteiger partial charge is 0.281 e. The quantitative estimate of drug-likeness (QED) is 0.817. The van der Waals surface area contributed by atoms with Crippen LogP contribution in [-0.4, -0.2) is 68.1 Å². The second kappa shape index (κ2) is 7.63. The van der Waals surface area contributed by atoms with Gasteiger partial charge < -0.3 is 4.90 Å². The van der Waals surface area contributed by atoms with E-state index in [1.165, 1.54) is 22.7 Å². The summed E-state index contributed by atoms with van der Waals surface area (Å²) in [6, 6.07) is 6.12. The van der Waals surface area contributed by atoms with Crippen LogP contribution in [0.4, 0.5) is 0 Å². The van der Waals surface area contributed by atoms with Crippen molar-refractivity contribution in [3.63, 3.8) is 0 Å². The maximum atomic E-state index is 12.6. The van der Waals surface area contributed by atoms with Gasteiger partial charge >= 0.3 is 0 Å². The molecule has 0 spiro atoms. The molecule has 24 heavy (non-hydrogen) atoms. The number of hydrogen-bond acceptors (Lipinski definition) is 3. The minimum Gasteiger partial charge on any atom is -0.341 e. The van der Waals surface area contributed by atoms with Crippen LogP contribution in [-0.2, 0) is 21.4 Å². The summed E-state index contributed by atoms with van der Waals surface area (Å²) < 4.78 is 27.2. The van der Waals surface area contributed by atoms with Crippen LogP contribution in [0.2, 0.25) is 0 Å². The Bertz CT molecular complexity index is 701. The predicted octanol–water partition coefficient (Wildman–Crippen LogP) is 1.19. The van der Waals surface area contributed by atoms with Gasteiger partial charge in [0, 0.05) is 40.3 Å². The van der Waals surface area contributed by atoms with E-state index in [1.54, 1.807) is 4.90 Å². The summed E-state index contributed by atoms with van der Waals surface area (Å²) in [6.07, 6.45) is 1.03. The van der Waals surface area contributed by atoms with Crippen molar-refractivity contribution in [3.05, 3.63) is 34.9 Å². The van der Waals surface area contributed by atoms with Crippen LogP contribution >= 0.6 is 0 Å². The van der Waals surface area contributed by atoms with E-state index in [9.17, 15) is 13.2 Å². The number of hydrogen-bond donors (Lipinski definition) is 0. The molecule has 1 aromatic rings. The van der Waals surface area contributed by atoms with Crippen LogP contribution in [0.25, 0.3) is 0 Å². The lowest BCUT2D eigenvalue weighted by Gasteiger charge is -2.24. The third kappa shape index (κ3) is 4.34. The number of rotatable bonds is 4. The summed E-state index contributed by atoms with van der Waals surface area (Å²) in [5.74, 6) is 0.0628. The van der Waals surface area contributed by atoms with E-state index in [1.807, 2.05) is 32.0 Å². The number of benzene rings is 1. The molecule has 1 fully saturated rings. The summed E-state index contributed by atoms with van der Waals surface area (Å²) in [7, 11) is -0.352. The predicted molar refractivity (Wildman–Crippen MR) is 95.0 cm³/mol. The largest absolute Gasteiger partial charge is 0.341 e. The van der Waals surface area contributed by atoms with Crippen molar-refractivity contribution in [1.82, 2.24) is 13.5 Å². The van der Waals surface area contributed by atoms with Crippen LogP contribution in [0.3, 0.4) is 0 Å². The fraction of sp³-hybridized carbons (Fsp3) is 0.588. The number of amides is 1. The monoisotopic (exact) mass is 353 g/mol. The lowest BCUT2D eigenvalue weighted by atomic mass is 10.0. The van der Waals surface area contributed by atoms with Gasteiger partial charge in [0.25, 0.3) is 10.2 Å². The molecule has 0 aromatic heterocycles. The molecule has 134 valence electrons. The first-order valence-corrected chi connectivity index (χ1v) is 9.63. The van der Waals surface area contributed by atoms with Crippen molar-refractivity contribution < 1.29 is 13.2 Å². The molecule has 1 amide bonds. The fourth-order valence-corrected chi connectivity index (χ4v) is 4.00. The van der Waals surface area contributed by atoms with Crippen LogP contribution in [0.5, 0.6) is 0 Å². The Labute approximate surface area is 145 Å². The summed E-state index contributed by atoms with van der Waals surface area (Å²) in [5, 5.41) is 0. The standard InChI is InChI=1S/C17H27N3O3S/c1-14-6-7-15(2)16(12-14)13-17(21)19-8-5-9-20(11-10-19)24(22,23)18(3)4/h6-7,12H,5,8-11,13H2,1-4H3. The Balaban J connectivity index is 2.03. The number of carbonyl (C=O) groups is 1. The maximum Gasteiger partial charge on any atom is 0.281 e. The van der Waals surface area contributed by atoms with Gasteiger partial charge in [-0.05, 0) is 31.4 Å². The molecule has 0 aliphatic carbocycles. The minimum atomic E-state index is -3.41. The first kappa shape index (κ1) is 18.9. The fourth-order valence-electron chi connectivity index (χ4n) is 2.87. The van der Waals surface area contributed by atoms with Gasteiger partial charge in [0.15, 0.2) is 0 Å². The molecule has 0 unspecified atom stereocenters. The third-order valence-corrected chi connectivity index (χ3v) is 6.38. The highest BCUT2D eigenvalue weighted by Crippen LogP contribution is 2.15. The lowest BCUT2D eigenvalue weighted by molar-refractivity contribution is -0.130. The van der Waals surface area contributed by atoms with Crippen molar-refractivity contribution in [2.75, 3.05) is 40.3 Å². The highest BCUT2D eigenvalue weighted by atomic mass is 32.2. The van der Waals surface area contributed by atoms with Gasteiger partial charge in [-0.15, -0.1) is 0 Å². The van der Waals surface area contributed by atoms with Gasteiger partial charge in [-0.1, -0.05) is 23.8 Å². The second-order valence-electron chi connectivity index (χ2n) is 6.53. The Morgan fingerprint density at radius 2 is 1.83 bits per heavy atom. The van der Waals surface area contributed by atoms with E-state index in [4.69, 9.17) is 0 Å². The molecule has 0 atom stereocenters. The number of nitrogens with zero attached hydrogens (tertiary/aromatic N) is 3. The van der Waals surface area contributed by atoms with Gasteiger partial charge in [-0.2, -0.15) is 17.0 Å². The molecule has 7 heteroatoms. The van der Waals surface area contributed by atoms with E-state index < -0.39 is 10.2 Å². The van der Waals surface area contributed by atoms with Crippen molar-refractivity contribution in [2.45, 2.75) is 26.7 Å². The van der Waals surface area contributed by atoms with Crippen molar-refractivity contribution >= 4 is 16.1 Å². The van der Waals surface area contributed by atoms with Crippen LogP contribution in [0, 0.1) is 13.8 Å². The van der Waals surface area contributed by atoms with E-state index in [2.05, 4.69) is 0 Å². The summed E-state index contributed by atoms with van der Waals surface area (Å²) in [4.78, 5) is 14.4. The van der Waals surface area contributed by atoms with Crippen molar-refractivity contribution in [2.24, 2.45) is 0 Å². The molecule has 0 saturated carbocycles. The molecule has 0 N–H and O–H groups in total. The molecular weight excluding hydrogens is 326 g/mol. The van der Waals surface area contributed by atoms with Gasteiger partial charge in [0.1, 0.15) is 0 Å². The zero-order valence-corrected chi connectivity index (χ0v) is 15.8. The highest BCUT2D eigenvalue weighted by Gasteiger charge is 2.28. The average molecular weight is 353 g/mol. The number of aryl methyl sites for hydroxylation is 2. The zero-order valence-electron chi connectivity index (χ0n) is 14.9. The molecule has 1 aliphatic heterocycles. The Morgan fingerprint density at radius 1 is 1.12 bits per heavy atom. The summed E-state index contributed by atoms with van der Waals surface area (Å²) >= 11 is 0. The molecule has 6 nitrogen and oxygen atoms in total. The van der Waals surface area contributed by atoms with Crippen LogP contribution in [0.1, 0.15) is 23.1 Å². The van der Waals surface area contributed by atoms with Gasteiger partial charge in [-0.3, -0.25) is 4.79 Å². The van der Waals surface area contributed by atoms with Crippen molar-refractivity contribution in [3.8, 4) is 0 Å². The summed E-state index contributed by atoms with van der Waals surface area (Å²) in [5.41, 5.74) is 3.30. The van der Waals surface area contributed by atoms with Crippen molar-refractivity contribution in [1.29, 1.82) is 0 Å². The number of carbonyl (C=O) groups excluding carboxylic acids is 1. The van der Waals surface area contributed by atoms with Gasteiger partial charge in [0.2, 0.25) is 5.91 Å². The Hall–Kier alpha value is -1.44. The molecule has 0 radical (unpaired) electrons. The van der Waals surface area contributed by atoms with Crippen LogP contribution < -0.4 is 0 Å². The van der Waals surface area contributed by atoms with Gasteiger partial charge in [0.05, 0.1) is 6.42 Å². The molecule has 0 bridgehead atoms. The third-order valence-electron chi connectivity index (χ3n) is 4.44. The highest BCUT2D eigenvalue weighted by molar-refractivity contribution is 7.86. The van der Waals surface area contributed by atoms with Gasteiger partial charge in [-0.25, -0.2) is 0 Å². The molecular formula is C17H27N3O3S. The molecule has 1 aliphatic rings. The zero-order chi connectivity index (χ0) is 17.9. The maximum absolute atomic E-state index is 12.6. The Kier molecular flexibility index (Phi) is 6.01. The lowest BCUT2D eigenvalue weighted by Crippen LogP contribution is -2.42. The molecule has 1 aromatic carbocycles. The van der Waals surface area contributed by atoms with Crippen LogP contribution in [0.15, 0.2) is 18.2 Å². The topological polar surface area (TPSA) is 60.9 Å². The van der Waals surface area contributed by atoms with E-state index in [0.717, 1.165) is 16.7 Å². The summed E-state index contributed by atoms with van der Waals surface area (Å²) in [6.45, 7) is 5.87. The first-order chi connectivity index (χ1) is 11.2.